The van der Waals surface area contributed by atoms with Gasteiger partial charge in [-0.2, -0.15) is 0 Å². The van der Waals surface area contributed by atoms with Gasteiger partial charge in [-0.15, -0.1) is 0 Å². The number of thiocarbonyl (C=S) groups is 1. The first-order valence-corrected chi connectivity index (χ1v) is 4.39. The summed E-state index contributed by atoms with van der Waals surface area (Å²) in [6.07, 6.45) is 0. The Morgan fingerprint density at radius 3 is 1.79 bits per heavy atom. The largest absolute Gasteiger partial charge is 0.493 e. The molecule has 1 aliphatic heterocycles. The zero-order valence-electron chi connectivity index (χ0n) is 7.77. The molecule has 1 heterocycles. The minimum absolute atomic E-state index is 0.343. The lowest BCUT2D eigenvalue weighted by molar-refractivity contribution is 0.354. The number of fused-ring (bicyclic) bond motifs is 1. The van der Waals surface area contributed by atoms with Crippen molar-refractivity contribution in [2.75, 3.05) is 14.2 Å². The molecule has 0 amide bonds. The second-order valence-electron chi connectivity index (χ2n) is 2.70. The third-order valence-electron chi connectivity index (χ3n) is 1.91. The van der Waals surface area contributed by atoms with Gasteiger partial charge < -0.3 is 9.47 Å². The first-order chi connectivity index (χ1) is 6.74. The van der Waals surface area contributed by atoms with Crippen molar-refractivity contribution < 1.29 is 9.47 Å². The van der Waals surface area contributed by atoms with E-state index in [1.807, 2.05) is 0 Å². The first-order valence-electron chi connectivity index (χ1n) is 3.98. The van der Waals surface area contributed by atoms with Crippen LogP contribution in [-0.4, -0.2) is 19.3 Å². The third-order valence-corrected chi connectivity index (χ3v) is 2.10. The van der Waals surface area contributed by atoms with Crippen molar-refractivity contribution in [2.45, 2.75) is 0 Å². The lowest BCUT2D eigenvalue weighted by Gasteiger charge is -2.04. The summed E-state index contributed by atoms with van der Waals surface area (Å²) < 4.78 is 10.3. The molecule has 0 aliphatic carbocycles. The summed E-state index contributed by atoms with van der Waals surface area (Å²) in [5, 5.41) is 1.80. The highest BCUT2D eigenvalue weighted by atomic mass is 32.1. The van der Waals surface area contributed by atoms with E-state index in [4.69, 9.17) is 21.7 Å². The van der Waals surface area contributed by atoms with Crippen LogP contribution in [0.3, 0.4) is 0 Å². The van der Waals surface area contributed by atoms with E-state index in [9.17, 15) is 0 Å². The van der Waals surface area contributed by atoms with E-state index in [1.165, 1.54) is 0 Å². The van der Waals surface area contributed by atoms with Crippen molar-refractivity contribution in [1.82, 2.24) is 0 Å². The number of hydrogen-bond donors (Lipinski definition) is 0. The van der Waals surface area contributed by atoms with E-state index in [1.54, 1.807) is 26.4 Å². The Morgan fingerprint density at radius 2 is 1.43 bits per heavy atom. The second-order valence-corrected chi connectivity index (χ2v) is 3.07. The van der Waals surface area contributed by atoms with Crippen molar-refractivity contribution in [2.24, 2.45) is 9.98 Å². The molecule has 4 nitrogen and oxygen atoms in total. The lowest BCUT2D eigenvalue weighted by Crippen LogP contribution is -2.21. The van der Waals surface area contributed by atoms with Crippen molar-refractivity contribution in [3.63, 3.8) is 0 Å². The highest BCUT2D eigenvalue weighted by molar-refractivity contribution is 7.80. The Balaban J connectivity index is 2.72. The summed E-state index contributed by atoms with van der Waals surface area (Å²) in [7, 11) is 3.16. The van der Waals surface area contributed by atoms with Gasteiger partial charge in [-0.05, 0) is 12.2 Å². The Labute approximate surface area is 85.9 Å². The Morgan fingerprint density at radius 1 is 1.00 bits per heavy atom. The molecule has 1 aromatic carbocycles. The molecule has 0 fully saturated rings. The van der Waals surface area contributed by atoms with Crippen LogP contribution >= 0.6 is 12.2 Å². The second kappa shape index (κ2) is 3.34. The van der Waals surface area contributed by atoms with Gasteiger partial charge in [0, 0.05) is 12.1 Å². The van der Waals surface area contributed by atoms with Gasteiger partial charge in [0.25, 0.3) is 0 Å². The Bertz CT molecular complexity index is 465. The first kappa shape index (κ1) is 9.08. The van der Waals surface area contributed by atoms with Gasteiger partial charge in [0.15, 0.2) is 11.5 Å². The van der Waals surface area contributed by atoms with E-state index in [-0.39, 0.29) is 0 Å². The van der Waals surface area contributed by atoms with Crippen molar-refractivity contribution in [1.29, 1.82) is 0 Å². The fourth-order valence-electron chi connectivity index (χ4n) is 1.27. The molecule has 1 aliphatic rings. The normalized spacial score (nSPS) is 12.9. The van der Waals surface area contributed by atoms with Gasteiger partial charge >= 0.3 is 0 Å². The molecule has 14 heavy (non-hydrogen) atoms. The van der Waals surface area contributed by atoms with E-state index in [2.05, 4.69) is 9.98 Å². The molecule has 0 spiro atoms. The number of rotatable bonds is 2. The van der Waals surface area contributed by atoms with Crippen LogP contribution in [0.15, 0.2) is 22.1 Å². The smallest absolute Gasteiger partial charge is 0.220 e. The van der Waals surface area contributed by atoms with Crippen molar-refractivity contribution in [3.8, 4) is 11.5 Å². The van der Waals surface area contributed by atoms with Crippen LogP contribution in [0.1, 0.15) is 0 Å². The molecular weight excluding hydrogens is 200 g/mol. The minimum Gasteiger partial charge on any atom is -0.493 e. The van der Waals surface area contributed by atoms with E-state index >= 15 is 0 Å². The number of nitrogens with zero attached hydrogens (tertiary/aromatic N) is 2. The molecule has 72 valence electrons. The zero-order chi connectivity index (χ0) is 10.1. The maximum atomic E-state index is 5.13. The molecule has 0 radical (unpaired) electrons. The topological polar surface area (TPSA) is 43.2 Å². The van der Waals surface area contributed by atoms with Gasteiger partial charge in [0.1, 0.15) is 0 Å². The molecule has 0 atom stereocenters. The summed E-state index contributed by atoms with van der Waals surface area (Å²) in [6.45, 7) is 0. The van der Waals surface area contributed by atoms with E-state index in [0.717, 1.165) is 10.7 Å². The average molecular weight is 208 g/mol. The number of methoxy groups -OCH3 is 2. The highest BCUT2D eigenvalue weighted by Gasteiger charge is 2.08. The molecular formula is C9H8N2O2S. The summed E-state index contributed by atoms with van der Waals surface area (Å²) in [5.74, 6) is 1.27. The van der Waals surface area contributed by atoms with Gasteiger partial charge in [-0.1, -0.05) is 0 Å². The summed E-state index contributed by atoms with van der Waals surface area (Å²) >= 11 is 4.87. The van der Waals surface area contributed by atoms with Gasteiger partial charge in [-0.25, -0.2) is 9.98 Å². The summed E-state index contributed by atoms with van der Waals surface area (Å²) in [5.41, 5.74) is 0. The molecule has 2 rings (SSSR count). The quantitative estimate of drug-likeness (QED) is 0.654. The van der Waals surface area contributed by atoms with Crippen molar-refractivity contribution >= 4 is 17.3 Å². The average Bonchev–Trinajstić information content (AvgIpc) is 2.54. The predicted molar refractivity (Wildman–Crippen MR) is 54.5 cm³/mol. The minimum atomic E-state index is 0.343. The maximum Gasteiger partial charge on any atom is 0.220 e. The molecule has 0 bridgehead atoms. The molecule has 5 heteroatoms. The third kappa shape index (κ3) is 1.35. The number of benzene rings is 1. The van der Waals surface area contributed by atoms with E-state index < -0.39 is 0 Å². The molecule has 0 aromatic heterocycles. The molecule has 0 saturated carbocycles. The standard InChI is InChI=1S/C9H8N2O2S/c1-12-7-3-5-6(4-8(7)13-2)11-9(14)10-5/h3-4H,1-2H3. The van der Waals surface area contributed by atoms with Crippen LogP contribution < -0.4 is 20.2 Å². The Hall–Kier alpha value is -1.49. The van der Waals surface area contributed by atoms with Crippen molar-refractivity contribution in [3.05, 3.63) is 22.8 Å². The number of hydrogen-bond acceptors (Lipinski definition) is 3. The fraction of sp³-hybridized carbons (Fsp3) is 0.222. The van der Waals surface area contributed by atoms with Crippen LogP contribution in [0.2, 0.25) is 0 Å². The van der Waals surface area contributed by atoms with Gasteiger partial charge in [-0.3, -0.25) is 0 Å². The van der Waals surface area contributed by atoms with Crippen LogP contribution in [-0.2, 0) is 0 Å². The zero-order valence-corrected chi connectivity index (χ0v) is 8.59. The maximum absolute atomic E-state index is 5.13. The van der Waals surface area contributed by atoms with Crippen LogP contribution in [0, 0.1) is 0 Å². The molecule has 0 N–H and O–H groups in total. The summed E-state index contributed by atoms with van der Waals surface area (Å²) in [4.78, 5) is 8.13. The fourth-order valence-corrected chi connectivity index (χ4v) is 1.46. The van der Waals surface area contributed by atoms with E-state index in [0.29, 0.717) is 16.6 Å². The SMILES string of the molecule is COc1cc2c(cc1OC)=NC(=S)N=2. The highest BCUT2D eigenvalue weighted by Crippen LogP contribution is 2.22. The summed E-state index contributed by atoms with van der Waals surface area (Å²) in [6, 6.07) is 3.52. The molecule has 1 aromatic rings. The van der Waals surface area contributed by atoms with Gasteiger partial charge in [0.05, 0.1) is 24.9 Å². The molecule has 0 unspecified atom stereocenters. The van der Waals surface area contributed by atoms with Crippen LogP contribution in [0.25, 0.3) is 0 Å². The Kier molecular flexibility index (Phi) is 2.17. The van der Waals surface area contributed by atoms with Crippen LogP contribution in [0.4, 0.5) is 0 Å². The number of ether oxygens (including phenoxy) is 2. The lowest BCUT2D eigenvalue weighted by atomic mass is 10.3. The van der Waals surface area contributed by atoms with Gasteiger partial charge in [0.2, 0.25) is 5.11 Å². The predicted octanol–water partition coefficient (Wildman–Crippen LogP) is 0.241. The van der Waals surface area contributed by atoms with Crippen LogP contribution in [0.5, 0.6) is 11.5 Å². The monoisotopic (exact) mass is 208 g/mol. The molecule has 0 saturated heterocycles.